The fraction of sp³-hybridized carbons (Fsp3) is 0.283. The minimum atomic E-state index is -0.517. The number of benzene rings is 6. The van der Waals surface area contributed by atoms with Gasteiger partial charge in [-0.05, 0) is 161 Å². The van der Waals surface area contributed by atoms with Crippen LogP contribution in [-0.4, -0.2) is 33.8 Å². The highest BCUT2D eigenvalue weighted by Gasteiger charge is 2.50. The van der Waals surface area contributed by atoms with Gasteiger partial charge in [-0.2, -0.15) is 0 Å². The highest BCUT2D eigenvalue weighted by atomic mass is 15.3. The first-order valence-corrected chi connectivity index (χ1v) is 20.4. The van der Waals surface area contributed by atoms with E-state index in [1.165, 1.54) is 67.0 Å². The van der Waals surface area contributed by atoms with Gasteiger partial charge in [-0.3, -0.25) is 9.98 Å². The summed E-state index contributed by atoms with van der Waals surface area (Å²) in [6, 6.07) is 54.6. The van der Waals surface area contributed by atoms with Crippen LogP contribution in [0.2, 0.25) is 0 Å². The second-order valence-electron chi connectivity index (χ2n) is 18.3. The number of amidine groups is 2. The van der Waals surface area contributed by atoms with Gasteiger partial charge in [-0.25, -0.2) is 0 Å². The van der Waals surface area contributed by atoms with Crippen molar-refractivity contribution in [1.82, 2.24) is 0 Å². The van der Waals surface area contributed by atoms with E-state index in [9.17, 15) is 0 Å². The molecule has 0 atom stereocenters. The smallest absolute Gasteiger partial charge is 0.102 e. The lowest BCUT2D eigenvalue weighted by Crippen LogP contribution is -2.52. The molecule has 2 heterocycles. The summed E-state index contributed by atoms with van der Waals surface area (Å²) in [6.45, 7) is 22.3. The third kappa shape index (κ3) is 5.33. The lowest BCUT2D eigenvalue weighted by Gasteiger charge is -2.41. The predicted molar refractivity (Wildman–Crippen MR) is 242 cm³/mol. The van der Waals surface area contributed by atoms with Crippen molar-refractivity contribution in [3.05, 3.63) is 168 Å². The van der Waals surface area contributed by atoms with Crippen LogP contribution in [0.1, 0.15) is 91.5 Å². The van der Waals surface area contributed by atoms with Gasteiger partial charge >= 0.3 is 0 Å². The Morgan fingerprint density at radius 3 is 1.04 bits per heavy atom. The van der Waals surface area contributed by atoms with Crippen molar-refractivity contribution in [2.75, 3.05) is 9.80 Å². The zero-order valence-electron chi connectivity index (χ0n) is 35.1. The molecule has 4 heteroatoms. The van der Waals surface area contributed by atoms with Gasteiger partial charge in [0.15, 0.2) is 0 Å². The van der Waals surface area contributed by atoms with Crippen LogP contribution >= 0.6 is 0 Å². The molecule has 0 saturated heterocycles. The van der Waals surface area contributed by atoms with Gasteiger partial charge in [-0.15, -0.1) is 0 Å². The van der Waals surface area contributed by atoms with E-state index in [0.29, 0.717) is 0 Å². The summed E-state index contributed by atoms with van der Waals surface area (Å²) in [6.07, 6.45) is 0. The van der Waals surface area contributed by atoms with Crippen LogP contribution in [0.5, 0.6) is 0 Å². The molecule has 0 spiro atoms. The third-order valence-corrected chi connectivity index (χ3v) is 14.1. The van der Waals surface area contributed by atoms with Crippen molar-refractivity contribution in [3.8, 4) is 33.4 Å². The molecule has 0 fully saturated rings. The third-order valence-electron chi connectivity index (χ3n) is 14.1. The Balaban J connectivity index is 1.17. The molecule has 0 N–H and O–H groups in total. The molecule has 0 aromatic heterocycles. The maximum Gasteiger partial charge on any atom is 0.102 e. The summed E-state index contributed by atoms with van der Waals surface area (Å²) in [5, 5.41) is 0. The van der Waals surface area contributed by atoms with E-state index in [4.69, 9.17) is 9.98 Å². The number of anilines is 2. The first-order chi connectivity index (χ1) is 27.1. The summed E-state index contributed by atoms with van der Waals surface area (Å²) in [4.78, 5) is 14.9. The van der Waals surface area contributed by atoms with Crippen LogP contribution < -0.4 is 9.80 Å². The minimum absolute atomic E-state index is 0.139. The Kier molecular flexibility index (Phi) is 8.17. The lowest BCUT2D eigenvalue weighted by molar-refractivity contribution is 0.338. The quantitative estimate of drug-likeness (QED) is 0.170. The van der Waals surface area contributed by atoms with Crippen LogP contribution in [0, 0.1) is 0 Å². The van der Waals surface area contributed by atoms with Gasteiger partial charge in [0.05, 0.1) is 27.6 Å². The molecule has 4 nitrogen and oxygen atoms in total. The molecule has 57 heavy (non-hydrogen) atoms. The number of hydrogen-bond donors (Lipinski definition) is 0. The van der Waals surface area contributed by atoms with Gasteiger partial charge < -0.3 is 9.80 Å². The first kappa shape index (κ1) is 36.9. The number of hydrogen-bond acceptors (Lipinski definition) is 4. The Morgan fingerprint density at radius 2 is 0.719 bits per heavy atom. The topological polar surface area (TPSA) is 31.2 Å². The molecule has 6 aromatic rings. The Morgan fingerprint density at radius 1 is 0.386 bits per heavy atom. The highest BCUT2D eigenvalue weighted by molar-refractivity contribution is 6.01. The van der Waals surface area contributed by atoms with Gasteiger partial charge in [0.2, 0.25) is 0 Å². The molecule has 0 unspecified atom stereocenters. The summed E-state index contributed by atoms with van der Waals surface area (Å²) in [5.74, 6) is 2.12. The molecular weight excluding hydrogens is 693 g/mol. The molecule has 1 aliphatic carbocycles. The fourth-order valence-corrected chi connectivity index (χ4v) is 10.0. The average Bonchev–Trinajstić information content (AvgIpc) is 3.64. The predicted octanol–water partition coefficient (Wildman–Crippen LogP) is 13.0. The van der Waals surface area contributed by atoms with Crippen molar-refractivity contribution >= 4 is 23.0 Å². The lowest BCUT2D eigenvalue weighted by atomic mass is 9.67. The Bertz CT molecular complexity index is 2390. The van der Waals surface area contributed by atoms with Crippen molar-refractivity contribution in [1.29, 1.82) is 0 Å². The molecule has 3 aliphatic rings. The van der Waals surface area contributed by atoms with Gasteiger partial charge in [0.25, 0.3) is 0 Å². The van der Waals surface area contributed by atoms with E-state index in [0.717, 1.165) is 11.7 Å². The summed E-state index contributed by atoms with van der Waals surface area (Å²) >= 11 is 0. The van der Waals surface area contributed by atoms with Crippen LogP contribution in [0.15, 0.2) is 156 Å². The minimum Gasteiger partial charge on any atom is -0.322 e. The zero-order valence-corrected chi connectivity index (χ0v) is 35.1. The number of fused-ring (bicyclic) bond motifs is 3. The second kappa shape index (κ2) is 12.6. The maximum absolute atomic E-state index is 5.04. The van der Waals surface area contributed by atoms with Crippen molar-refractivity contribution < 1.29 is 0 Å². The van der Waals surface area contributed by atoms with E-state index in [1.54, 1.807) is 0 Å². The van der Waals surface area contributed by atoms with Crippen LogP contribution in [0.3, 0.4) is 0 Å². The molecular formula is C53H54N4. The fourth-order valence-electron chi connectivity index (χ4n) is 10.0. The Labute approximate surface area is 339 Å². The van der Waals surface area contributed by atoms with Crippen LogP contribution in [0.25, 0.3) is 33.4 Å². The average molecular weight is 747 g/mol. The van der Waals surface area contributed by atoms with Crippen molar-refractivity contribution in [3.63, 3.8) is 0 Å². The standard InChI is InChI=1S/C53H54N4/c1-35-54-49(3,4)51(7,8)56(35)43-27-21-37(22-28-43)39-25-31-45-46-32-26-40(38-23-29-44(30-24-38)57-36(2)55-50(5,6)52(57,9)10)34-48(46)53(47(45)33-39,41-17-13-11-14-18-41)42-19-15-12-16-20-42/h11-34H,1-10H3. The molecule has 0 amide bonds. The molecule has 286 valence electrons. The molecule has 0 bridgehead atoms. The summed E-state index contributed by atoms with van der Waals surface area (Å²) < 4.78 is 0. The van der Waals surface area contributed by atoms with Crippen molar-refractivity contribution in [2.24, 2.45) is 9.98 Å². The molecule has 6 aromatic carbocycles. The van der Waals surface area contributed by atoms with E-state index >= 15 is 0 Å². The normalized spacial score (nSPS) is 19.2. The number of nitrogens with zero attached hydrogens (tertiary/aromatic N) is 4. The first-order valence-electron chi connectivity index (χ1n) is 20.4. The molecule has 9 rings (SSSR count). The Hall–Kier alpha value is -5.74. The van der Waals surface area contributed by atoms with Crippen LogP contribution in [-0.2, 0) is 5.41 Å². The van der Waals surface area contributed by atoms with Crippen LogP contribution in [0.4, 0.5) is 11.4 Å². The van der Waals surface area contributed by atoms with Gasteiger partial charge in [0, 0.05) is 11.4 Å². The largest absolute Gasteiger partial charge is 0.322 e. The summed E-state index contributed by atoms with van der Waals surface area (Å²) in [5.41, 5.74) is 13.7. The number of aliphatic imine (C=N–C) groups is 2. The summed E-state index contributed by atoms with van der Waals surface area (Å²) in [7, 11) is 0. The highest BCUT2D eigenvalue weighted by Crippen LogP contribution is 2.57. The van der Waals surface area contributed by atoms with E-state index in [2.05, 4.69) is 225 Å². The monoisotopic (exact) mass is 746 g/mol. The van der Waals surface area contributed by atoms with Gasteiger partial charge in [0.1, 0.15) is 11.7 Å². The number of rotatable bonds is 6. The van der Waals surface area contributed by atoms with Crippen molar-refractivity contribution in [2.45, 2.75) is 96.8 Å². The molecule has 0 radical (unpaired) electrons. The second-order valence-corrected chi connectivity index (χ2v) is 18.3. The zero-order chi connectivity index (χ0) is 40.1. The molecule has 0 saturated carbocycles. The maximum atomic E-state index is 5.04. The SMILES string of the molecule is CC1=NC(C)(C)C(C)(C)N1c1ccc(-c2ccc3c(c2)C(c2ccccc2)(c2ccccc2)c2cc(-c4ccc(N5C(C)=NC(C)(C)C5(C)C)cc4)ccc2-3)cc1. The van der Waals surface area contributed by atoms with E-state index < -0.39 is 5.41 Å². The molecule has 2 aliphatic heterocycles. The van der Waals surface area contributed by atoms with E-state index in [1.807, 2.05) is 0 Å². The van der Waals surface area contributed by atoms with E-state index in [-0.39, 0.29) is 22.2 Å². The van der Waals surface area contributed by atoms with Gasteiger partial charge in [-0.1, -0.05) is 109 Å².